The van der Waals surface area contributed by atoms with Crippen molar-refractivity contribution >= 4 is 39.5 Å². The van der Waals surface area contributed by atoms with E-state index in [0.717, 1.165) is 10.0 Å². The maximum Gasteiger partial charge on any atom is 0.244 e. The van der Waals surface area contributed by atoms with E-state index in [1.54, 1.807) is 36.4 Å². The SMILES string of the molecule is COc1cc(/C=C/C(=O)NCCC(=O)Nc2ccc(Br)cc2)ccc1OCC#N. The number of amides is 2. The van der Waals surface area contributed by atoms with Crippen molar-refractivity contribution in [2.45, 2.75) is 6.42 Å². The number of carbonyl (C=O) groups is 2. The van der Waals surface area contributed by atoms with Crippen LogP contribution in [-0.2, 0) is 9.59 Å². The highest BCUT2D eigenvalue weighted by Crippen LogP contribution is 2.28. The van der Waals surface area contributed by atoms with Crippen LogP contribution in [0, 0.1) is 11.3 Å². The van der Waals surface area contributed by atoms with Crippen molar-refractivity contribution in [3.05, 3.63) is 58.6 Å². The smallest absolute Gasteiger partial charge is 0.244 e. The predicted octanol–water partition coefficient (Wildman–Crippen LogP) is 3.52. The Morgan fingerprint density at radius 3 is 2.62 bits per heavy atom. The lowest BCUT2D eigenvalue weighted by atomic mass is 10.2. The molecule has 0 heterocycles. The van der Waals surface area contributed by atoms with Crippen LogP contribution in [0.4, 0.5) is 5.69 Å². The highest BCUT2D eigenvalue weighted by atomic mass is 79.9. The van der Waals surface area contributed by atoms with Gasteiger partial charge in [0.1, 0.15) is 6.07 Å². The van der Waals surface area contributed by atoms with Gasteiger partial charge in [-0.3, -0.25) is 9.59 Å². The second-order valence-corrected chi connectivity index (χ2v) is 6.70. The summed E-state index contributed by atoms with van der Waals surface area (Å²) < 4.78 is 11.4. The topological polar surface area (TPSA) is 100 Å². The summed E-state index contributed by atoms with van der Waals surface area (Å²) in [6.07, 6.45) is 3.15. The fraction of sp³-hybridized carbons (Fsp3) is 0.190. The third kappa shape index (κ3) is 7.68. The average molecular weight is 458 g/mol. The molecule has 0 unspecified atom stereocenters. The van der Waals surface area contributed by atoms with Gasteiger partial charge in [0.25, 0.3) is 0 Å². The molecule has 0 spiro atoms. The Kier molecular flexibility index (Phi) is 8.73. The molecule has 150 valence electrons. The van der Waals surface area contributed by atoms with Crippen LogP contribution in [0.3, 0.4) is 0 Å². The molecule has 2 aromatic carbocycles. The number of hydrogen-bond donors (Lipinski definition) is 2. The molecule has 2 rings (SSSR count). The van der Waals surface area contributed by atoms with Gasteiger partial charge in [0.2, 0.25) is 11.8 Å². The van der Waals surface area contributed by atoms with E-state index in [0.29, 0.717) is 17.2 Å². The number of nitriles is 1. The summed E-state index contributed by atoms with van der Waals surface area (Å²) in [5.74, 6) is 0.416. The van der Waals surface area contributed by atoms with Gasteiger partial charge in [-0.25, -0.2) is 0 Å². The Morgan fingerprint density at radius 2 is 1.93 bits per heavy atom. The zero-order chi connectivity index (χ0) is 21.1. The molecule has 29 heavy (non-hydrogen) atoms. The van der Waals surface area contributed by atoms with Crippen molar-refractivity contribution in [2.75, 3.05) is 25.6 Å². The Balaban J connectivity index is 1.79. The molecule has 0 saturated carbocycles. The molecular formula is C21H20BrN3O4. The molecule has 0 bridgehead atoms. The molecule has 0 radical (unpaired) electrons. The molecule has 0 aliphatic carbocycles. The number of methoxy groups -OCH3 is 1. The summed E-state index contributed by atoms with van der Waals surface area (Å²) >= 11 is 3.33. The lowest BCUT2D eigenvalue weighted by Crippen LogP contribution is -2.26. The van der Waals surface area contributed by atoms with Crippen LogP contribution >= 0.6 is 15.9 Å². The minimum Gasteiger partial charge on any atom is -0.493 e. The van der Waals surface area contributed by atoms with E-state index in [2.05, 4.69) is 26.6 Å². The molecule has 0 aliphatic rings. The average Bonchev–Trinajstić information content (AvgIpc) is 2.72. The number of carbonyl (C=O) groups excluding carboxylic acids is 2. The molecule has 2 aromatic rings. The van der Waals surface area contributed by atoms with E-state index in [4.69, 9.17) is 14.7 Å². The molecule has 0 saturated heterocycles. The molecular weight excluding hydrogens is 438 g/mol. The van der Waals surface area contributed by atoms with Crippen LogP contribution < -0.4 is 20.1 Å². The van der Waals surface area contributed by atoms with Crippen molar-refractivity contribution < 1.29 is 19.1 Å². The number of halogens is 1. The quantitative estimate of drug-likeness (QED) is 0.561. The fourth-order valence-electron chi connectivity index (χ4n) is 2.30. The minimum atomic E-state index is -0.315. The Labute approximate surface area is 177 Å². The summed E-state index contributed by atoms with van der Waals surface area (Å²) in [6.45, 7) is 0.138. The van der Waals surface area contributed by atoms with E-state index >= 15 is 0 Å². The maximum atomic E-state index is 11.9. The van der Waals surface area contributed by atoms with Crippen molar-refractivity contribution in [1.82, 2.24) is 5.32 Å². The Morgan fingerprint density at radius 1 is 1.17 bits per heavy atom. The summed E-state index contributed by atoms with van der Waals surface area (Å²) in [6, 6.07) is 14.2. The van der Waals surface area contributed by atoms with Crippen molar-refractivity contribution in [3.63, 3.8) is 0 Å². The number of benzene rings is 2. The summed E-state index contributed by atoms with van der Waals surface area (Å²) in [5, 5.41) is 14.0. The normalized spacial score (nSPS) is 10.2. The molecule has 7 nitrogen and oxygen atoms in total. The van der Waals surface area contributed by atoms with Crippen molar-refractivity contribution in [2.24, 2.45) is 0 Å². The Hall–Kier alpha value is -3.31. The molecule has 0 atom stereocenters. The lowest BCUT2D eigenvalue weighted by Gasteiger charge is -2.08. The van der Waals surface area contributed by atoms with Gasteiger partial charge in [-0.1, -0.05) is 22.0 Å². The van der Waals surface area contributed by atoms with Gasteiger partial charge in [-0.15, -0.1) is 0 Å². The largest absolute Gasteiger partial charge is 0.493 e. The number of rotatable bonds is 9. The van der Waals surface area contributed by atoms with Gasteiger partial charge in [-0.2, -0.15) is 5.26 Å². The highest BCUT2D eigenvalue weighted by Gasteiger charge is 2.06. The lowest BCUT2D eigenvalue weighted by molar-refractivity contribution is -0.117. The molecule has 8 heteroatoms. The van der Waals surface area contributed by atoms with E-state index in [9.17, 15) is 9.59 Å². The van der Waals surface area contributed by atoms with Crippen molar-refractivity contribution in [1.29, 1.82) is 5.26 Å². The number of hydrogen-bond acceptors (Lipinski definition) is 5. The van der Waals surface area contributed by atoms with Crippen LogP contribution in [0.5, 0.6) is 11.5 Å². The zero-order valence-electron chi connectivity index (χ0n) is 15.8. The van der Waals surface area contributed by atoms with Gasteiger partial charge < -0.3 is 20.1 Å². The standard InChI is InChI=1S/C21H20BrN3O4/c1-28-19-14-15(2-8-18(19)29-13-11-23)3-9-20(26)24-12-10-21(27)25-17-6-4-16(22)5-7-17/h2-9,14H,10,12-13H2,1H3,(H,24,26)(H,25,27)/b9-3+. The van der Waals surface area contributed by atoms with Crippen LogP contribution in [-0.4, -0.2) is 32.1 Å². The van der Waals surface area contributed by atoms with Gasteiger partial charge in [0, 0.05) is 29.2 Å². The second-order valence-electron chi connectivity index (χ2n) is 5.79. The first-order valence-corrected chi connectivity index (χ1v) is 9.50. The van der Waals surface area contributed by atoms with Crippen LogP contribution in [0.2, 0.25) is 0 Å². The number of nitrogens with one attached hydrogen (secondary N) is 2. The van der Waals surface area contributed by atoms with Crippen LogP contribution in [0.15, 0.2) is 53.0 Å². The molecule has 0 aliphatic heterocycles. The van der Waals surface area contributed by atoms with Crippen molar-refractivity contribution in [3.8, 4) is 17.6 Å². The van der Waals surface area contributed by atoms with Crippen LogP contribution in [0.25, 0.3) is 6.08 Å². The number of anilines is 1. The summed E-state index contributed by atoms with van der Waals surface area (Å²) in [4.78, 5) is 23.8. The second kappa shape index (κ2) is 11.5. The van der Waals surface area contributed by atoms with E-state index < -0.39 is 0 Å². The summed E-state index contributed by atoms with van der Waals surface area (Å²) in [7, 11) is 1.49. The predicted molar refractivity (Wildman–Crippen MR) is 114 cm³/mol. The molecule has 2 N–H and O–H groups in total. The Bertz CT molecular complexity index is 921. The van der Waals surface area contributed by atoms with Gasteiger partial charge >= 0.3 is 0 Å². The van der Waals surface area contributed by atoms with Crippen LogP contribution in [0.1, 0.15) is 12.0 Å². The zero-order valence-corrected chi connectivity index (χ0v) is 17.4. The van der Waals surface area contributed by atoms with E-state index in [1.807, 2.05) is 18.2 Å². The third-order valence-corrected chi connectivity index (χ3v) is 4.21. The first-order chi connectivity index (χ1) is 14.0. The first-order valence-electron chi connectivity index (χ1n) is 8.71. The van der Waals surface area contributed by atoms with Gasteiger partial charge in [-0.05, 0) is 48.0 Å². The molecule has 0 fully saturated rings. The number of nitrogens with zero attached hydrogens (tertiary/aromatic N) is 1. The van der Waals surface area contributed by atoms with Gasteiger partial charge in [0.05, 0.1) is 7.11 Å². The third-order valence-electron chi connectivity index (χ3n) is 3.69. The minimum absolute atomic E-state index is 0.0800. The van der Waals surface area contributed by atoms with E-state index in [1.165, 1.54) is 13.2 Å². The van der Waals surface area contributed by atoms with E-state index in [-0.39, 0.29) is 31.4 Å². The first kappa shape index (κ1) is 22.0. The fourth-order valence-corrected chi connectivity index (χ4v) is 2.57. The monoisotopic (exact) mass is 457 g/mol. The molecule has 2 amide bonds. The molecule has 0 aromatic heterocycles. The number of ether oxygens (including phenoxy) is 2. The summed E-state index contributed by atoms with van der Waals surface area (Å²) in [5.41, 5.74) is 1.43. The maximum absolute atomic E-state index is 11.9. The highest BCUT2D eigenvalue weighted by molar-refractivity contribution is 9.10. The van der Waals surface area contributed by atoms with Gasteiger partial charge in [0.15, 0.2) is 18.1 Å².